The summed E-state index contributed by atoms with van der Waals surface area (Å²) in [6.45, 7) is 3.00. The minimum absolute atomic E-state index is 0.0388. The topological polar surface area (TPSA) is 91.6 Å². The van der Waals surface area contributed by atoms with Crippen molar-refractivity contribution < 1.29 is 14.7 Å². The SMILES string of the molecule is Cc1ccc(CNC(=O)c2cn3c(c(O)c2=O)C(=O)N2CCCCC3C2)c(Cl)c1Cl. The quantitative estimate of drug-likeness (QED) is 0.751. The highest BCUT2D eigenvalue weighted by Crippen LogP contribution is 2.32. The van der Waals surface area contributed by atoms with Gasteiger partial charge in [-0.25, -0.2) is 0 Å². The average molecular weight is 450 g/mol. The van der Waals surface area contributed by atoms with Crippen molar-refractivity contribution in [3.8, 4) is 5.75 Å². The Morgan fingerprint density at radius 3 is 2.77 bits per heavy atom. The van der Waals surface area contributed by atoms with Crippen LogP contribution in [0.15, 0.2) is 23.1 Å². The van der Waals surface area contributed by atoms with Crippen molar-refractivity contribution in [1.82, 2.24) is 14.8 Å². The summed E-state index contributed by atoms with van der Waals surface area (Å²) in [5.74, 6) is -1.71. The van der Waals surface area contributed by atoms with Gasteiger partial charge in [-0.3, -0.25) is 14.4 Å². The zero-order valence-corrected chi connectivity index (χ0v) is 17.9. The Kier molecular flexibility index (Phi) is 5.51. The van der Waals surface area contributed by atoms with E-state index in [0.29, 0.717) is 28.7 Å². The summed E-state index contributed by atoms with van der Waals surface area (Å²) in [6, 6.07) is 3.46. The predicted molar refractivity (Wildman–Crippen MR) is 114 cm³/mol. The molecule has 3 heterocycles. The molecule has 1 atom stereocenters. The van der Waals surface area contributed by atoms with Gasteiger partial charge in [-0.15, -0.1) is 0 Å². The number of fused-ring (bicyclic) bond motifs is 4. The lowest BCUT2D eigenvalue weighted by molar-refractivity contribution is 0.0677. The Bertz CT molecular complexity index is 1110. The summed E-state index contributed by atoms with van der Waals surface area (Å²) in [4.78, 5) is 39.8. The molecule has 4 rings (SSSR count). The molecule has 0 radical (unpaired) electrons. The first-order valence-corrected chi connectivity index (χ1v) is 10.5. The normalized spacial score (nSPS) is 18.0. The Hall–Kier alpha value is -2.51. The fraction of sp³-hybridized carbons (Fsp3) is 0.381. The lowest BCUT2D eigenvalue weighted by Crippen LogP contribution is -2.44. The molecule has 9 heteroatoms. The van der Waals surface area contributed by atoms with E-state index in [1.165, 1.54) is 6.20 Å². The second-order valence-electron chi connectivity index (χ2n) is 7.73. The maximum absolute atomic E-state index is 12.8. The van der Waals surface area contributed by atoms with Crippen LogP contribution in [0.3, 0.4) is 0 Å². The predicted octanol–water partition coefficient (Wildman–Crippen LogP) is 3.28. The molecule has 30 heavy (non-hydrogen) atoms. The number of benzene rings is 1. The molecule has 2 aliphatic rings. The number of carbonyl (C=O) groups is 2. The molecule has 1 saturated heterocycles. The first-order valence-electron chi connectivity index (χ1n) is 9.78. The molecule has 1 aromatic carbocycles. The van der Waals surface area contributed by atoms with Gasteiger partial charge >= 0.3 is 0 Å². The third kappa shape index (κ3) is 3.46. The van der Waals surface area contributed by atoms with Gasteiger partial charge in [0.15, 0.2) is 11.4 Å². The Labute approximate surface area is 183 Å². The monoisotopic (exact) mass is 449 g/mol. The molecular weight excluding hydrogens is 429 g/mol. The molecule has 0 saturated carbocycles. The summed E-state index contributed by atoms with van der Waals surface area (Å²) < 4.78 is 1.59. The number of aromatic hydroxyl groups is 1. The molecule has 2 aliphatic heterocycles. The highest BCUT2D eigenvalue weighted by molar-refractivity contribution is 6.43. The number of pyridine rings is 1. The van der Waals surface area contributed by atoms with Gasteiger partial charge < -0.3 is 19.9 Å². The Morgan fingerprint density at radius 2 is 2.00 bits per heavy atom. The van der Waals surface area contributed by atoms with Crippen LogP contribution in [0.4, 0.5) is 0 Å². The number of aryl methyl sites for hydroxylation is 1. The van der Waals surface area contributed by atoms with Crippen LogP contribution in [0.2, 0.25) is 10.0 Å². The van der Waals surface area contributed by atoms with Gasteiger partial charge in [-0.1, -0.05) is 35.3 Å². The third-order valence-corrected chi connectivity index (χ3v) is 6.79. The van der Waals surface area contributed by atoms with Crippen molar-refractivity contribution in [3.05, 3.63) is 61.0 Å². The Morgan fingerprint density at radius 1 is 1.23 bits per heavy atom. The third-order valence-electron chi connectivity index (χ3n) is 5.78. The zero-order valence-electron chi connectivity index (χ0n) is 16.4. The molecule has 2 amide bonds. The van der Waals surface area contributed by atoms with Crippen LogP contribution in [-0.4, -0.2) is 39.5 Å². The lowest BCUT2D eigenvalue weighted by atomic mass is 10.1. The van der Waals surface area contributed by atoms with Crippen LogP contribution < -0.4 is 10.7 Å². The van der Waals surface area contributed by atoms with E-state index in [-0.39, 0.29) is 29.8 Å². The van der Waals surface area contributed by atoms with Crippen LogP contribution in [0.25, 0.3) is 0 Å². The van der Waals surface area contributed by atoms with E-state index in [2.05, 4.69) is 5.32 Å². The number of halogens is 2. The van der Waals surface area contributed by atoms with E-state index >= 15 is 0 Å². The fourth-order valence-electron chi connectivity index (χ4n) is 4.06. The highest BCUT2D eigenvalue weighted by Gasteiger charge is 2.36. The number of aromatic nitrogens is 1. The first-order chi connectivity index (χ1) is 14.3. The van der Waals surface area contributed by atoms with E-state index in [1.807, 2.05) is 6.92 Å². The number of nitrogens with zero attached hydrogens (tertiary/aromatic N) is 2. The molecule has 158 valence electrons. The number of hydrogen-bond donors (Lipinski definition) is 2. The van der Waals surface area contributed by atoms with Gasteiger partial charge in [0.05, 0.1) is 16.1 Å². The maximum atomic E-state index is 12.8. The summed E-state index contributed by atoms with van der Waals surface area (Å²) in [5.41, 5.74) is 0.313. The Balaban J connectivity index is 1.66. The van der Waals surface area contributed by atoms with E-state index in [9.17, 15) is 19.5 Å². The van der Waals surface area contributed by atoms with Gasteiger partial charge in [0.1, 0.15) is 5.56 Å². The van der Waals surface area contributed by atoms with Crippen molar-refractivity contribution in [2.45, 2.75) is 38.8 Å². The molecule has 1 aromatic heterocycles. The van der Waals surface area contributed by atoms with Crippen molar-refractivity contribution >= 4 is 35.0 Å². The number of amides is 2. The first kappa shape index (κ1) is 20.8. The molecule has 2 N–H and O–H groups in total. The van der Waals surface area contributed by atoms with Crippen LogP contribution in [0.5, 0.6) is 5.75 Å². The minimum atomic E-state index is -0.861. The van der Waals surface area contributed by atoms with Crippen LogP contribution in [-0.2, 0) is 6.54 Å². The van der Waals surface area contributed by atoms with Crippen LogP contribution in [0.1, 0.15) is 57.3 Å². The smallest absolute Gasteiger partial charge is 0.274 e. The molecule has 7 nitrogen and oxygen atoms in total. The average Bonchev–Trinajstić information content (AvgIpc) is 2.95. The number of rotatable bonds is 3. The van der Waals surface area contributed by atoms with E-state index in [1.54, 1.807) is 21.6 Å². The van der Waals surface area contributed by atoms with Crippen molar-refractivity contribution in [3.63, 3.8) is 0 Å². The fourth-order valence-corrected chi connectivity index (χ4v) is 4.52. The molecule has 1 unspecified atom stereocenters. The second kappa shape index (κ2) is 7.96. The molecular formula is C21H21Cl2N3O4. The zero-order chi connectivity index (χ0) is 21.6. The van der Waals surface area contributed by atoms with Crippen LogP contribution in [0, 0.1) is 6.92 Å². The summed E-state index contributed by atoms with van der Waals surface area (Å²) in [6.07, 6.45) is 3.99. The molecule has 2 bridgehead atoms. The number of hydrogen-bond acceptors (Lipinski definition) is 4. The van der Waals surface area contributed by atoms with Gasteiger partial charge in [0.25, 0.3) is 11.8 Å². The van der Waals surface area contributed by atoms with Crippen molar-refractivity contribution in [1.29, 1.82) is 0 Å². The van der Waals surface area contributed by atoms with Gasteiger partial charge in [0.2, 0.25) is 5.43 Å². The summed E-state index contributed by atoms with van der Waals surface area (Å²) >= 11 is 12.4. The van der Waals surface area contributed by atoms with Crippen molar-refractivity contribution in [2.24, 2.45) is 0 Å². The minimum Gasteiger partial charge on any atom is -0.503 e. The number of nitrogens with one attached hydrogen (secondary N) is 1. The van der Waals surface area contributed by atoms with Gasteiger partial charge in [-0.2, -0.15) is 0 Å². The van der Waals surface area contributed by atoms with E-state index in [4.69, 9.17) is 23.2 Å². The highest BCUT2D eigenvalue weighted by atomic mass is 35.5. The maximum Gasteiger partial charge on any atom is 0.274 e. The van der Waals surface area contributed by atoms with E-state index in [0.717, 1.165) is 24.8 Å². The molecule has 2 aromatic rings. The molecule has 0 spiro atoms. The van der Waals surface area contributed by atoms with Crippen LogP contribution >= 0.6 is 23.2 Å². The number of carbonyl (C=O) groups excluding carboxylic acids is 2. The van der Waals surface area contributed by atoms with Crippen molar-refractivity contribution in [2.75, 3.05) is 13.1 Å². The van der Waals surface area contributed by atoms with Gasteiger partial charge in [-0.05, 0) is 37.3 Å². The van der Waals surface area contributed by atoms with E-state index < -0.39 is 17.1 Å². The standard InChI is InChI=1S/C21H21Cl2N3O4/c1-11-5-6-12(16(23)15(11)22)8-24-20(29)14-10-26-13-4-2-3-7-25(9-13)21(30)17(26)19(28)18(14)27/h5-6,10,13,28H,2-4,7-9H2,1H3,(H,24,29). The summed E-state index contributed by atoms with van der Waals surface area (Å²) in [7, 11) is 0. The summed E-state index contributed by atoms with van der Waals surface area (Å²) in [5, 5.41) is 13.9. The second-order valence-corrected chi connectivity index (χ2v) is 8.49. The largest absolute Gasteiger partial charge is 0.503 e. The molecule has 1 fully saturated rings. The molecule has 0 aliphatic carbocycles. The lowest BCUT2D eigenvalue weighted by Gasteiger charge is -2.34. The van der Waals surface area contributed by atoms with Gasteiger partial charge in [0, 0.05) is 25.8 Å².